The Balaban J connectivity index is 1.48. The largest absolute Gasteiger partial charge is 0.497 e. The molecule has 3 N–H and O–H groups in total. The number of aromatic amines is 1. The summed E-state index contributed by atoms with van der Waals surface area (Å²) in [5.74, 6) is -0.0763. The quantitative estimate of drug-likeness (QED) is 0.475. The number of carbonyl (C=O) groups is 1. The van der Waals surface area contributed by atoms with Crippen LogP contribution in [0, 0.1) is 17.2 Å². The molecular formula is C25H23N5O6. The maximum atomic E-state index is 13.3. The molecule has 3 heterocycles. The number of anilines is 2. The number of methoxy groups -OCH3 is 2. The number of aromatic nitrogens is 2. The summed E-state index contributed by atoms with van der Waals surface area (Å²) in [6.45, 7) is 1.32. The van der Waals surface area contributed by atoms with Gasteiger partial charge < -0.3 is 29.6 Å². The van der Waals surface area contributed by atoms with E-state index in [9.17, 15) is 14.9 Å². The minimum atomic E-state index is -1.15. The third-order valence-corrected chi connectivity index (χ3v) is 6.11. The molecule has 11 heteroatoms. The molecule has 0 spiro atoms. The standard InChI is InChI=1S/C25H23N5O6/c1-33-14-4-5-15(18(10-14)34-2)20-16(11-26)23(31)28-22-21(20)24(32)30-25(29-22)27-12-13-3-6-17-19(9-13)36-8-7-35-17/h3-6,9-10,16,20H,7-8,12H2,1-2H3,(H3,27,28,29,30,31,32). The van der Waals surface area contributed by atoms with Gasteiger partial charge in [-0.3, -0.25) is 14.6 Å². The lowest BCUT2D eigenvalue weighted by molar-refractivity contribution is -0.119. The third kappa shape index (κ3) is 4.13. The van der Waals surface area contributed by atoms with Crippen molar-refractivity contribution < 1.29 is 23.7 Å². The molecule has 2 aliphatic heterocycles. The van der Waals surface area contributed by atoms with Crippen molar-refractivity contribution >= 4 is 17.7 Å². The van der Waals surface area contributed by atoms with Crippen LogP contribution in [0.1, 0.15) is 22.6 Å². The Bertz CT molecular complexity index is 1430. The number of ether oxygens (including phenoxy) is 4. The highest BCUT2D eigenvalue weighted by Crippen LogP contribution is 2.42. The minimum absolute atomic E-state index is 0.0859. The highest BCUT2D eigenvalue weighted by Gasteiger charge is 2.41. The van der Waals surface area contributed by atoms with Gasteiger partial charge in [0.15, 0.2) is 11.5 Å². The number of hydrogen-bond acceptors (Lipinski definition) is 9. The van der Waals surface area contributed by atoms with Gasteiger partial charge in [0.2, 0.25) is 11.9 Å². The van der Waals surface area contributed by atoms with Gasteiger partial charge in [-0.15, -0.1) is 0 Å². The zero-order valence-electron chi connectivity index (χ0n) is 19.6. The molecule has 3 aromatic rings. The van der Waals surface area contributed by atoms with Crippen LogP contribution in [-0.4, -0.2) is 43.3 Å². The maximum absolute atomic E-state index is 13.3. The molecule has 0 fully saturated rings. The molecule has 2 atom stereocenters. The van der Waals surface area contributed by atoms with Crippen molar-refractivity contribution in [3.63, 3.8) is 0 Å². The number of H-pyrrole nitrogens is 1. The average molecular weight is 489 g/mol. The first-order chi connectivity index (χ1) is 17.5. The van der Waals surface area contributed by atoms with Crippen molar-refractivity contribution in [2.75, 3.05) is 38.1 Å². The van der Waals surface area contributed by atoms with Crippen molar-refractivity contribution in [1.29, 1.82) is 5.26 Å². The molecule has 1 aromatic heterocycles. The van der Waals surface area contributed by atoms with Crippen LogP contribution in [0.2, 0.25) is 0 Å². The monoisotopic (exact) mass is 489 g/mol. The first-order valence-electron chi connectivity index (χ1n) is 11.2. The summed E-state index contributed by atoms with van der Waals surface area (Å²) in [6, 6.07) is 12.6. The van der Waals surface area contributed by atoms with Crippen LogP contribution in [0.5, 0.6) is 23.0 Å². The number of nitrogens with zero attached hydrogens (tertiary/aromatic N) is 2. The fourth-order valence-corrected chi connectivity index (χ4v) is 4.39. The van der Waals surface area contributed by atoms with E-state index in [2.05, 4.69) is 20.6 Å². The van der Waals surface area contributed by atoms with Gasteiger partial charge in [-0.05, 0) is 23.8 Å². The summed E-state index contributed by atoms with van der Waals surface area (Å²) < 4.78 is 21.9. The summed E-state index contributed by atoms with van der Waals surface area (Å²) in [7, 11) is 2.99. The zero-order valence-corrected chi connectivity index (χ0v) is 19.6. The Morgan fingerprint density at radius 2 is 1.92 bits per heavy atom. The van der Waals surface area contributed by atoms with Crippen LogP contribution in [0.3, 0.4) is 0 Å². The van der Waals surface area contributed by atoms with Crippen LogP contribution in [0.4, 0.5) is 11.8 Å². The van der Waals surface area contributed by atoms with Gasteiger partial charge >= 0.3 is 0 Å². The van der Waals surface area contributed by atoms with E-state index in [1.807, 2.05) is 24.3 Å². The molecule has 184 valence electrons. The molecular weight excluding hydrogens is 466 g/mol. The Morgan fingerprint density at radius 3 is 2.67 bits per heavy atom. The second kappa shape index (κ2) is 9.50. The molecule has 0 saturated heterocycles. The van der Waals surface area contributed by atoms with Crippen LogP contribution >= 0.6 is 0 Å². The molecule has 0 saturated carbocycles. The number of rotatable bonds is 6. The van der Waals surface area contributed by atoms with Crippen LogP contribution in [0.25, 0.3) is 0 Å². The molecule has 0 radical (unpaired) electrons. The van der Waals surface area contributed by atoms with E-state index in [0.717, 1.165) is 5.56 Å². The van der Waals surface area contributed by atoms with Crippen LogP contribution in [-0.2, 0) is 11.3 Å². The Hall–Kier alpha value is -4.72. The number of hydrogen-bond donors (Lipinski definition) is 3. The summed E-state index contributed by atoms with van der Waals surface area (Å²) in [5.41, 5.74) is 1.08. The fraction of sp³-hybridized carbons (Fsp3) is 0.280. The second-order valence-electron chi connectivity index (χ2n) is 8.19. The molecule has 2 aliphatic rings. The van der Waals surface area contributed by atoms with Crippen molar-refractivity contribution in [1.82, 2.24) is 9.97 Å². The van der Waals surface area contributed by atoms with Gasteiger partial charge in [-0.2, -0.15) is 10.2 Å². The lowest BCUT2D eigenvalue weighted by atomic mass is 9.78. The topological polar surface area (TPSA) is 148 Å². The number of nitriles is 1. The molecule has 0 bridgehead atoms. The van der Waals surface area contributed by atoms with Crippen molar-refractivity contribution in [2.24, 2.45) is 5.92 Å². The highest BCUT2D eigenvalue weighted by molar-refractivity contribution is 5.98. The number of nitrogens with one attached hydrogen (secondary N) is 3. The van der Waals surface area contributed by atoms with E-state index in [0.29, 0.717) is 48.3 Å². The van der Waals surface area contributed by atoms with Crippen LogP contribution in [0.15, 0.2) is 41.2 Å². The predicted octanol–water partition coefficient (Wildman–Crippen LogP) is 2.39. The average Bonchev–Trinajstić information content (AvgIpc) is 2.90. The zero-order chi connectivity index (χ0) is 25.2. The predicted molar refractivity (Wildman–Crippen MR) is 129 cm³/mol. The second-order valence-corrected chi connectivity index (χ2v) is 8.19. The Morgan fingerprint density at radius 1 is 1.11 bits per heavy atom. The van der Waals surface area contributed by atoms with Gasteiger partial charge in [0.05, 0.1) is 25.9 Å². The van der Waals surface area contributed by atoms with E-state index in [1.165, 1.54) is 14.2 Å². The van der Waals surface area contributed by atoms with E-state index in [4.69, 9.17) is 18.9 Å². The van der Waals surface area contributed by atoms with Crippen molar-refractivity contribution in [3.05, 3.63) is 63.4 Å². The van der Waals surface area contributed by atoms with Crippen LogP contribution < -0.4 is 35.1 Å². The molecule has 5 rings (SSSR count). The molecule has 2 unspecified atom stereocenters. The van der Waals surface area contributed by atoms with Gasteiger partial charge in [0.25, 0.3) is 5.56 Å². The molecule has 1 amide bonds. The summed E-state index contributed by atoms with van der Waals surface area (Å²) >= 11 is 0. The first kappa shape index (κ1) is 23.0. The number of benzene rings is 2. The van der Waals surface area contributed by atoms with Gasteiger partial charge in [0.1, 0.15) is 36.4 Å². The van der Waals surface area contributed by atoms with Gasteiger partial charge in [-0.25, -0.2) is 0 Å². The summed E-state index contributed by atoms with van der Waals surface area (Å²) in [6.07, 6.45) is 0. The summed E-state index contributed by atoms with van der Waals surface area (Å²) in [4.78, 5) is 33.3. The van der Waals surface area contributed by atoms with Gasteiger partial charge in [-0.1, -0.05) is 12.1 Å². The summed E-state index contributed by atoms with van der Waals surface area (Å²) in [5, 5.41) is 15.5. The highest BCUT2D eigenvalue weighted by atomic mass is 16.6. The normalized spacial score (nSPS) is 17.9. The Labute approximate surface area is 206 Å². The van der Waals surface area contributed by atoms with Gasteiger partial charge in [0, 0.05) is 24.1 Å². The SMILES string of the molecule is COc1ccc(C2c3c(nc(NCc4ccc5c(c4)OCCO5)[nH]c3=O)NC(=O)C2C#N)c(OC)c1. The fourth-order valence-electron chi connectivity index (χ4n) is 4.39. The lowest BCUT2D eigenvalue weighted by Crippen LogP contribution is -2.38. The maximum Gasteiger partial charge on any atom is 0.258 e. The molecule has 0 aliphatic carbocycles. The van der Waals surface area contributed by atoms with Crippen molar-refractivity contribution in [2.45, 2.75) is 12.5 Å². The molecule has 36 heavy (non-hydrogen) atoms. The van der Waals surface area contributed by atoms with E-state index in [-0.39, 0.29) is 17.3 Å². The lowest BCUT2D eigenvalue weighted by Gasteiger charge is -2.29. The smallest absolute Gasteiger partial charge is 0.258 e. The number of carbonyl (C=O) groups excluding carboxylic acids is 1. The Kier molecular flexibility index (Phi) is 6.08. The first-order valence-corrected chi connectivity index (χ1v) is 11.2. The third-order valence-electron chi connectivity index (χ3n) is 6.11. The molecule has 11 nitrogen and oxygen atoms in total. The van der Waals surface area contributed by atoms with Crippen molar-refractivity contribution in [3.8, 4) is 29.1 Å². The van der Waals surface area contributed by atoms with E-state index < -0.39 is 23.3 Å². The van der Waals surface area contributed by atoms with E-state index >= 15 is 0 Å². The number of amides is 1. The van der Waals surface area contributed by atoms with E-state index in [1.54, 1.807) is 18.2 Å². The minimum Gasteiger partial charge on any atom is -0.497 e. The molecule has 2 aromatic carbocycles. The number of fused-ring (bicyclic) bond motifs is 2.